The zero-order valence-electron chi connectivity index (χ0n) is 20.0. The van der Waals surface area contributed by atoms with Gasteiger partial charge in [-0.3, -0.25) is 0 Å². The van der Waals surface area contributed by atoms with Gasteiger partial charge in [0.15, 0.2) is 0 Å². The number of halogens is 1. The standard InChI is InChI=1S/C32H21IN2S2/c1-20-12-17-27(35-25-7-2-4-9-29(25)37-30-10-5-3-8-26(30)35)32-31(20)23(28-11-6-18-36-28)19-24(34-32)21-13-15-22(33)16-14-21/h2-19H,1H3. The van der Waals surface area contributed by atoms with Crippen molar-refractivity contribution in [1.82, 2.24) is 4.98 Å². The predicted molar refractivity (Wildman–Crippen MR) is 167 cm³/mol. The molecule has 0 bridgehead atoms. The van der Waals surface area contributed by atoms with Gasteiger partial charge in [-0.15, -0.1) is 11.3 Å². The molecule has 3 heterocycles. The van der Waals surface area contributed by atoms with Gasteiger partial charge in [-0.25, -0.2) is 4.98 Å². The molecule has 0 radical (unpaired) electrons. The largest absolute Gasteiger partial charge is 0.306 e. The monoisotopic (exact) mass is 624 g/mol. The second-order valence-electron chi connectivity index (χ2n) is 9.04. The minimum absolute atomic E-state index is 0.993. The average molecular weight is 625 g/mol. The van der Waals surface area contributed by atoms with Gasteiger partial charge in [0.25, 0.3) is 0 Å². The van der Waals surface area contributed by atoms with E-state index >= 15 is 0 Å². The lowest BCUT2D eigenvalue weighted by Gasteiger charge is -2.33. The summed E-state index contributed by atoms with van der Waals surface area (Å²) < 4.78 is 1.22. The molecule has 1 aliphatic heterocycles. The first kappa shape index (κ1) is 23.0. The Kier molecular flexibility index (Phi) is 5.80. The van der Waals surface area contributed by atoms with Gasteiger partial charge in [-0.2, -0.15) is 0 Å². The Morgan fingerprint density at radius 1 is 0.730 bits per heavy atom. The molecule has 4 aromatic carbocycles. The maximum absolute atomic E-state index is 5.38. The number of thiophene rings is 1. The van der Waals surface area contributed by atoms with E-state index in [4.69, 9.17) is 4.98 Å². The van der Waals surface area contributed by atoms with E-state index in [1.165, 1.54) is 46.1 Å². The van der Waals surface area contributed by atoms with E-state index in [1.807, 2.05) is 11.8 Å². The predicted octanol–water partition coefficient (Wildman–Crippen LogP) is 10.5. The number of hydrogen-bond donors (Lipinski definition) is 0. The Morgan fingerprint density at radius 2 is 1.43 bits per heavy atom. The fourth-order valence-corrected chi connectivity index (χ4v) is 7.20. The van der Waals surface area contributed by atoms with Gasteiger partial charge >= 0.3 is 0 Å². The van der Waals surface area contributed by atoms with Crippen LogP contribution in [0.25, 0.3) is 32.6 Å². The summed E-state index contributed by atoms with van der Waals surface area (Å²) in [6, 6.07) is 37.1. The number of pyridine rings is 1. The molecule has 0 amide bonds. The van der Waals surface area contributed by atoms with Crippen molar-refractivity contribution in [2.24, 2.45) is 0 Å². The Hall–Kier alpha value is -3.13. The molecule has 1 aliphatic rings. The zero-order chi connectivity index (χ0) is 24.9. The van der Waals surface area contributed by atoms with Crippen LogP contribution in [0.1, 0.15) is 5.56 Å². The molecule has 0 unspecified atom stereocenters. The summed E-state index contributed by atoms with van der Waals surface area (Å²) >= 11 is 5.97. The van der Waals surface area contributed by atoms with E-state index in [9.17, 15) is 0 Å². The molecule has 0 spiro atoms. The second-order valence-corrected chi connectivity index (χ2v) is 12.3. The third-order valence-electron chi connectivity index (χ3n) is 6.75. The number of anilines is 3. The van der Waals surface area contributed by atoms with E-state index < -0.39 is 0 Å². The molecular weight excluding hydrogens is 603 g/mol. The van der Waals surface area contributed by atoms with Gasteiger partial charge in [0.05, 0.1) is 28.3 Å². The minimum atomic E-state index is 0.993. The zero-order valence-corrected chi connectivity index (χ0v) is 23.8. The van der Waals surface area contributed by atoms with Crippen LogP contribution in [0.15, 0.2) is 118 Å². The third kappa shape index (κ3) is 3.97. The molecule has 0 aliphatic carbocycles. The summed E-state index contributed by atoms with van der Waals surface area (Å²) in [6.45, 7) is 2.20. The lowest BCUT2D eigenvalue weighted by atomic mass is 9.98. The van der Waals surface area contributed by atoms with Crippen molar-refractivity contribution in [3.8, 4) is 21.7 Å². The number of rotatable bonds is 3. The fraction of sp³-hybridized carbons (Fsp3) is 0.0312. The number of aromatic nitrogens is 1. The van der Waals surface area contributed by atoms with Crippen molar-refractivity contribution >= 4 is 73.7 Å². The highest BCUT2D eigenvalue weighted by atomic mass is 127. The highest BCUT2D eigenvalue weighted by Crippen LogP contribution is 2.53. The van der Waals surface area contributed by atoms with Crippen LogP contribution in [0.2, 0.25) is 0 Å². The van der Waals surface area contributed by atoms with Gasteiger partial charge in [-0.05, 0) is 95.1 Å². The molecule has 0 saturated carbocycles. The summed E-state index contributed by atoms with van der Waals surface area (Å²) in [6.07, 6.45) is 0. The Bertz CT molecular complexity index is 1730. The van der Waals surface area contributed by atoms with E-state index in [1.54, 1.807) is 11.3 Å². The van der Waals surface area contributed by atoms with Crippen LogP contribution in [0, 0.1) is 10.5 Å². The highest BCUT2D eigenvalue weighted by Gasteiger charge is 2.27. The molecule has 2 nitrogen and oxygen atoms in total. The van der Waals surface area contributed by atoms with Crippen LogP contribution in [0.5, 0.6) is 0 Å². The van der Waals surface area contributed by atoms with Crippen LogP contribution in [0.4, 0.5) is 17.1 Å². The first-order valence-corrected chi connectivity index (χ1v) is 14.8. The lowest BCUT2D eigenvalue weighted by Crippen LogP contribution is -2.15. The Labute approximate surface area is 238 Å². The Balaban J connectivity index is 1.57. The molecule has 5 heteroatoms. The quantitative estimate of drug-likeness (QED) is 0.182. The summed E-state index contributed by atoms with van der Waals surface area (Å²) in [5.74, 6) is 0. The molecular formula is C32H21IN2S2. The second kappa shape index (κ2) is 9.31. The smallest absolute Gasteiger partial charge is 0.0959 e. The molecule has 37 heavy (non-hydrogen) atoms. The van der Waals surface area contributed by atoms with Crippen LogP contribution in [0.3, 0.4) is 0 Å². The summed E-state index contributed by atoms with van der Waals surface area (Å²) in [5, 5.41) is 3.36. The molecule has 2 aromatic heterocycles. The van der Waals surface area contributed by atoms with Gasteiger partial charge in [-0.1, -0.05) is 60.3 Å². The fourth-order valence-electron chi connectivity index (χ4n) is 5.04. The van der Waals surface area contributed by atoms with Gasteiger partial charge in [0, 0.05) is 34.8 Å². The molecule has 7 rings (SSSR count). The van der Waals surface area contributed by atoms with Crippen molar-refractivity contribution in [3.63, 3.8) is 0 Å². The maximum Gasteiger partial charge on any atom is 0.0959 e. The van der Waals surface area contributed by atoms with Crippen LogP contribution < -0.4 is 4.90 Å². The number of fused-ring (bicyclic) bond motifs is 3. The number of nitrogens with zero attached hydrogens (tertiary/aromatic N) is 2. The number of para-hydroxylation sites is 2. The van der Waals surface area contributed by atoms with Crippen molar-refractivity contribution in [2.75, 3.05) is 4.90 Å². The van der Waals surface area contributed by atoms with Crippen LogP contribution >= 0.6 is 45.7 Å². The van der Waals surface area contributed by atoms with Crippen molar-refractivity contribution in [3.05, 3.63) is 118 Å². The van der Waals surface area contributed by atoms with Gasteiger partial charge in [0.1, 0.15) is 0 Å². The summed E-state index contributed by atoms with van der Waals surface area (Å²) in [7, 11) is 0. The lowest BCUT2D eigenvalue weighted by molar-refractivity contribution is 1.17. The molecule has 0 N–H and O–H groups in total. The topological polar surface area (TPSA) is 16.1 Å². The molecule has 178 valence electrons. The SMILES string of the molecule is Cc1ccc(N2c3ccccc3Sc3ccccc32)c2nc(-c3ccc(I)cc3)cc(-c3cccs3)c12. The van der Waals surface area contributed by atoms with Crippen LogP contribution in [-0.2, 0) is 0 Å². The first-order valence-electron chi connectivity index (χ1n) is 12.1. The van der Waals surface area contributed by atoms with Crippen molar-refractivity contribution < 1.29 is 0 Å². The minimum Gasteiger partial charge on any atom is -0.306 e. The van der Waals surface area contributed by atoms with E-state index in [2.05, 4.69) is 143 Å². The highest BCUT2D eigenvalue weighted by molar-refractivity contribution is 14.1. The Morgan fingerprint density at radius 3 is 2.11 bits per heavy atom. The molecule has 0 atom stereocenters. The van der Waals surface area contributed by atoms with Gasteiger partial charge < -0.3 is 4.90 Å². The maximum atomic E-state index is 5.38. The normalized spacial score (nSPS) is 12.4. The number of aryl methyl sites for hydroxylation is 1. The molecule has 0 saturated heterocycles. The summed E-state index contributed by atoms with van der Waals surface area (Å²) in [5.41, 5.74) is 9.10. The first-order chi connectivity index (χ1) is 18.2. The molecule has 0 fully saturated rings. The van der Waals surface area contributed by atoms with Crippen molar-refractivity contribution in [2.45, 2.75) is 16.7 Å². The summed E-state index contributed by atoms with van der Waals surface area (Å²) in [4.78, 5) is 11.5. The van der Waals surface area contributed by atoms with E-state index in [-0.39, 0.29) is 0 Å². The number of benzene rings is 4. The average Bonchev–Trinajstić information content (AvgIpc) is 3.47. The van der Waals surface area contributed by atoms with E-state index in [0.29, 0.717) is 0 Å². The van der Waals surface area contributed by atoms with E-state index in [0.717, 1.165) is 22.5 Å². The van der Waals surface area contributed by atoms with Gasteiger partial charge in [0.2, 0.25) is 0 Å². The van der Waals surface area contributed by atoms with Crippen molar-refractivity contribution in [1.29, 1.82) is 0 Å². The molecule has 6 aromatic rings. The third-order valence-corrected chi connectivity index (χ3v) is 9.50. The number of hydrogen-bond acceptors (Lipinski definition) is 4. The van der Waals surface area contributed by atoms with Crippen LogP contribution in [-0.4, -0.2) is 4.98 Å².